The Labute approximate surface area is 135 Å². The van der Waals surface area contributed by atoms with Crippen molar-refractivity contribution in [2.45, 2.75) is 26.7 Å². The SMILES string of the molecule is CCCCNc1nccc(C(=O)Nc2ccc(C(C)=O)cc2)n1. The molecule has 0 aliphatic carbocycles. The Morgan fingerprint density at radius 1 is 1.13 bits per heavy atom. The van der Waals surface area contributed by atoms with Gasteiger partial charge in [0, 0.05) is 24.0 Å². The number of unbranched alkanes of at least 4 members (excludes halogenated alkanes) is 1. The Bertz CT molecular complexity index is 683. The highest BCUT2D eigenvalue weighted by atomic mass is 16.2. The fraction of sp³-hybridized carbons (Fsp3) is 0.294. The summed E-state index contributed by atoms with van der Waals surface area (Å²) in [6, 6.07) is 8.29. The lowest BCUT2D eigenvalue weighted by atomic mass is 10.1. The summed E-state index contributed by atoms with van der Waals surface area (Å²) in [4.78, 5) is 31.7. The van der Waals surface area contributed by atoms with Crippen molar-refractivity contribution in [2.24, 2.45) is 0 Å². The van der Waals surface area contributed by atoms with E-state index in [1.54, 1.807) is 36.5 Å². The van der Waals surface area contributed by atoms with Gasteiger partial charge >= 0.3 is 0 Å². The first-order valence-electron chi connectivity index (χ1n) is 7.59. The van der Waals surface area contributed by atoms with E-state index >= 15 is 0 Å². The molecule has 0 aliphatic rings. The zero-order chi connectivity index (χ0) is 16.7. The zero-order valence-electron chi connectivity index (χ0n) is 13.3. The van der Waals surface area contributed by atoms with Crippen LogP contribution in [0.1, 0.15) is 47.5 Å². The van der Waals surface area contributed by atoms with Gasteiger partial charge < -0.3 is 10.6 Å². The number of hydrogen-bond acceptors (Lipinski definition) is 5. The number of amides is 1. The number of nitrogens with zero attached hydrogens (tertiary/aromatic N) is 2. The number of aromatic nitrogens is 2. The van der Waals surface area contributed by atoms with Crippen LogP contribution in [0.3, 0.4) is 0 Å². The van der Waals surface area contributed by atoms with Gasteiger partial charge in [0.05, 0.1) is 0 Å². The van der Waals surface area contributed by atoms with Crippen LogP contribution in [0.4, 0.5) is 11.6 Å². The Hall–Kier alpha value is -2.76. The lowest BCUT2D eigenvalue weighted by Crippen LogP contribution is -2.15. The summed E-state index contributed by atoms with van der Waals surface area (Å²) in [7, 11) is 0. The molecule has 1 aromatic heterocycles. The van der Waals surface area contributed by atoms with Crippen molar-refractivity contribution in [1.82, 2.24) is 9.97 Å². The second-order valence-electron chi connectivity index (χ2n) is 5.13. The number of hydrogen-bond donors (Lipinski definition) is 2. The molecule has 0 fully saturated rings. The van der Waals surface area contributed by atoms with Gasteiger partial charge in [-0.2, -0.15) is 0 Å². The van der Waals surface area contributed by atoms with Gasteiger partial charge in [-0.25, -0.2) is 9.97 Å². The summed E-state index contributed by atoms with van der Waals surface area (Å²) >= 11 is 0. The molecule has 120 valence electrons. The molecule has 0 atom stereocenters. The number of rotatable bonds is 7. The van der Waals surface area contributed by atoms with E-state index in [1.807, 2.05) is 0 Å². The third-order valence-electron chi connectivity index (χ3n) is 3.25. The number of benzene rings is 1. The smallest absolute Gasteiger partial charge is 0.274 e. The van der Waals surface area contributed by atoms with Gasteiger partial charge in [0.25, 0.3) is 5.91 Å². The predicted molar refractivity (Wildman–Crippen MR) is 89.8 cm³/mol. The molecular formula is C17H20N4O2. The maximum Gasteiger partial charge on any atom is 0.274 e. The number of anilines is 2. The van der Waals surface area contributed by atoms with Crippen molar-refractivity contribution >= 4 is 23.3 Å². The molecule has 0 bridgehead atoms. The van der Waals surface area contributed by atoms with Crippen LogP contribution < -0.4 is 10.6 Å². The third kappa shape index (κ3) is 4.88. The van der Waals surface area contributed by atoms with Crippen LogP contribution in [0, 0.1) is 0 Å². The molecule has 1 amide bonds. The zero-order valence-corrected chi connectivity index (χ0v) is 13.3. The topological polar surface area (TPSA) is 84.0 Å². The minimum absolute atomic E-state index is 0.0125. The van der Waals surface area contributed by atoms with E-state index in [-0.39, 0.29) is 17.4 Å². The van der Waals surface area contributed by atoms with E-state index in [2.05, 4.69) is 27.5 Å². The van der Waals surface area contributed by atoms with Gasteiger partial charge in [0.15, 0.2) is 5.78 Å². The molecule has 2 N–H and O–H groups in total. The summed E-state index contributed by atoms with van der Waals surface area (Å²) in [5.41, 5.74) is 1.50. The molecular weight excluding hydrogens is 292 g/mol. The van der Waals surface area contributed by atoms with E-state index in [0.717, 1.165) is 19.4 Å². The average molecular weight is 312 g/mol. The molecule has 2 rings (SSSR count). The third-order valence-corrected chi connectivity index (χ3v) is 3.25. The van der Waals surface area contributed by atoms with Crippen LogP contribution in [0.25, 0.3) is 0 Å². The summed E-state index contributed by atoms with van der Waals surface area (Å²) in [6.45, 7) is 4.37. The minimum atomic E-state index is -0.318. The summed E-state index contributed by atoms with van der Waals surface area (Å²) < 4.78 is 0. The second-order valence-corrected chi connectivity index (χ2v) is 5.13. The molecule has 6 nitrogen and oxygen atoms in total. The van der Waals surface area contributed by atoms with Gasteiger partial charge in [-0.15, -0.1) is 0 Å². The highest BCUT2D eigenvalue weighted by molar-refractivity contribution is 6.03. The second kappa shape index (κ2) is 8.03. The summed E-state index contributed by atoms with van der Waals surface area (Å²) in [5, 5.41) is 5.84. The molecule has 0 aliphatic heterocycles. The predicted octanol–water partition coefficient (Wildman–Crippen LogP) is 3.14. The Morgan fingerprint density at radius 3 is 2.52 bits per heavy atom. The van der Waals surface area contributed by atoms with E-state index in [0.29, 0.717) is 17.2 Å². The van der Waals surface area contributed by atoms with E-state index in [4.69, 9.17) is 0 Å². The van der Waals surface area contributed by atoms with Gasteiger partial charge in [-0.3, -0.25) is 9.59 Å². The number of carbonyl (C=O) groups excluding carboxylic acids is 2. The van der Waals surface area contributed by atoms with Crippen molar-refractivity contribution in [1.29, 1.82) is 0 Å². The highest BCUT2D eigenvalue weighted by Gasteiger charge is 2.09. The molecule has 0 radical (unpaired) electrons. The summed E-state index contributed by atoms with van der Waals surface area (Å²) in [5.74, 6) is 0.112. The molecule has 2 aromatic rings. The van der Waals surface area contributed by atoms with Crippen molar-refractivity contribution in [3.63, 3.8) is 0 Å². The van der Waals surface area contributed by atoms with E-state index in [1.165, 1.54) is 6.92 Å². The molecule has 0 saturated heterocycles. The van der Waals surface area contributed by atoms with E-state index < -0.39 is 0 Å². The molecule has 6 heteroatoms. The lowest BCUT2D eigenvalue weighted by molar-refractivity contribution is 0.101. The first-order valence-corrected chi connectivity index (χ1v) is 7.59. The van der Waals surface area contributed by atoms with Crippen LogP contribution in [0.15, 0.2) is 36.5 Å². The standard InChI is InChI=1S/C17H20N4O2/c1-3-4-10-18-17-19-11-9-15(21-17)16(23)20-14-7-5-13(6-8-14)12(2)22/h5-9,11H,3-4,10H2,1-2H3,(H,20,23)(H,18,19,21). The molecule has 1 aromatic carbocycles. The number of nitrogens with one attached hydrogen (secondary N) is 2. The summed E-state index contributed by atoms with van der Waals surface area (Å²) in [6.07, 6.45) is 3.64. The largest absolute Gasteiger partial charge is 0.354 e. The van der Waals surface area contributed by atoms with Gasteiger partial charge in [-0.1, -0.05) is 13.3 Å². The molecule has 0 spiro atoms. The van der Waals surface area contributed by atoms with Crippen LogP contribution in [-0.4, -0.2) is 28.2 Å². The maximum absolute atomic E-state index is 12.2. The molecule has 0 saturated carbocycles. The number of ketones is 1. The van der Waals surface area contributed by atoms with Crippen LogP contribution in [0.5, 0.6) is 0 Å². The molecule has 1 heterocycles. The van der Waals surface area contributed by atoms with Crippen LogP contribution in [0.2, 0.25) is 0 Å². The van der Waals surface area contributed by atoms with Crippen molar-refractivity contribution < 1.29 is 9.59 Å². The monoisotopic (exact) mass is 312 g/mol. The van der Waals surface area contributed by atoms with Crippen molar-refractivity contribution in [3.8, 4) is 0 Å². The van der Waals surface area contributed by atoms with Gasteiger partial charge in [0.2, 0.25) is 5.95 Å². The van der Waals surface area contributed by atoms with Gasteiger partial charge in [-0.05, 0) is 43.7 Å². The molecule has 0 unspecified atom stereocenters. The quantitative estimate of drug-likeness (QED) is 0.606. The Kier molecular flexibility index (Phi) is 5.80. The normalized spacial score (nSPS) is 10.2. The average Bonchev–Trinajstić information content (AvgIpc) is 2.56. The fourth-order valence-electron chi connectivity index (χ4n) is 1.93. The number of carbonyl (C=O) groups is 2. The Morgan fingerprint density at radius 2 is 1.87 bits per heavy atom. The van der Waals surface area contributed by atoms with Crippen molar-refractivity contribution in [2.75, 3.05) is 17.2 Å². The first kappa shape index (κ1) is 16.6. The van der Waals surface area contributed by atoms with Crippen LogP contribution >= 0.6 is 0 Å². The van der Waals surface area contributed by atoms with Crippen molar-refractivity contribution in [3.05, 3.63) is 47.8 Å². The Balaban J connectivity index is 2.02. The van der Waals surface area contributed by atoms with Gasteiger partial charge in [0.1, 0.15) is 5.69 Å². The molecule has 23 heavy (non-hydrogen) atoms. The lowest BCUT2D eigenvalue weighted by Gasteiger charge is -2.07. The van der Waals surface area contributed by atoms with Crippen LogP contribution in [-0.2, 0) is 0 Å². The highest BCUT2D eigenvalue weighted by Crippen LogP contribution is 2.11. The fourth-order valence-corrected chi connectivity index (χ4v) is 1.93. The number of Topliss-reactive ketones (excluding diaryl/α,β-unsaturated/α-hetero) is 1. The maximum atomic E-state index is 12.2. The first-order chi connectivity index (χ1) is 11.1. The van der Waals surface area contributed by atoms with E-state index in [9.17, 15) is 9.59 Å². The minimum Gasteiger partial charge on any atom is -0.354 e.